The van der Waals surface area contributed by atoms with Gasteiger partial charge in [0.05, 0.1) is 35.1 Å². The lowest BCUT2D eigenvalue weighted by molar-refractivity contribution is -0.133. The van der Waals surface area contributed by atoms with Crippen LogP contribution < -0.4 is 9.47 Å². The highest BCUT2D eigenvalue weighted by atomic mass is 32.2. The number of rotatable bonds is 11. The van der Waals surface area contributed by atoms with Crippen molar-refractivity contribution in [3.8, 4) is 22.6 Å². The van der Waals surface area contributed by atoms with Crippen LogP contribution in [-0.4, -0.2) is 50.6 Å². The average Bonchev–Trinajstić information content (AvgIpc) is 3.95. The van der Waals surface area contributed by atoms with E-state index in [1.165, 1.54) is 22.5 Å². The topological polar surface area (TPSA) is 146 Å². The standard InChI is InChI=1S/C60H68N2O10S2/c1-35-25-37(3)55(38(4)26-35)73(65,66)61-51(43-21-17-15-18-22-43)33-69-57(61)49-31-45(59(9,10)11)29-47(53(49)71-41(7)63)48-30-46(60(12,13)14)32-50(54(48)72-42(8)64)58-62(52(34-70-58)44-23-19-16-20-24-44)74(67,68)56-39(5)27-36(2)28-40(56)6/h15-32,51-52,57-58H,33-34H2,1-14H3/t51-,52-,57+,58+/m1/s1. The number of esters is 2. The van der Waals surface area contributed by atoms with Crippen LogP contribution in [0.3, 0.4) is 0 Å². The van der Waals surface area contributed by atoms with Gasteiger partial charge in [0, 0.05) is 36.1 Å². The molecule has 14 heteroatoms. The fourth-order valence-electron chi connectivity index (χ4n) is 10.7. The first kappa shape index (κ1) is 54.3. The fraction of sp³-hybridized carbons (Fsp3) is 0.367. The number of hydrogen-bond donors (Lipinski definition) is 0. The maximum absolute atomic E-state index is 15.7. The summed E-state index contributed by atoms with van der Waals surface area (Å²) < 4.78 is 91.6. The van der Waals surface area contributed by atoms with Crippen LogP contribution in [0, 0.1) is 41.5 Å². The molecule has 12 nitrogen and oxygen atoms in total. The first-order chi connectivity index (χ1) is 34.6. The molecule has 4 atom stereocenters. The predicted molar refractivity (Wildman–Crippen MR) is 287 cm³/mol. The van der Waals surface area contributed by atoms with Gasteiger partial charge >= 0.3 is 11.9 Å². The van der Waals surface area contributed by atoms with E-state index in [-0.39, 0.29) is 56.8 Å². The minimum atomic E-state index is -4.41. The molecule has 6 aromatic carbocycles. The van der Waals surface area contributed by atoms with Gasteiger partial charge in [-0.3, -0.25) is 9.59 Å². The molecule has 0 saturated carbocycles. The normalized spacial score (nSPS) is 18.9. The summed E-state index contributed by atoms with van der Waals surface area (Å²) in [6.45, 7) is 25.5. The van der Waals surface area contributed by atoms with Gasteiger partial charge in [-0.15, -0.1) is 0 Å². The maximum Gasteiger partial charge on any atom is 0.308 e. The number of aryl methyl sites for hydroxylation is 6. The Kier molecular flexibility index (Phi) is 14.9. The van der Waals surface area contributed by atoms with Crippen molar-refractivity contribution in [2.24, 2.45) is 0 Å². The van der Waals surface area contributed by atoms with Crippen molar-refractivity contribution in [2.45, 2.75) is 142 Å². The highest BCUT2D eigenvalue weighted by molar-refractivity contribution is 7.89. The Bertz CT molecular complexity index is 3120. The quantitative estimate of drug-likeness (QED) is 0.0908. The first-order valence-corrected chi connectivity index (χ1v) is 27.8. The van der Waals surface area contributed by atoms with E-state index >= 15 is 16.8 Å². The minimum Gasteiger partial charge on any atom is -0.426 e. The van der Waals surface area contributed by atoms with Crippen LogP contribution in [0.15, 0.2) is 119 Å². The number of nitrogens with zero attached hydrogens (tertiary/aromatic N) is 2. The van der Waals surface area contributed by atoms with E-state index < -0.39 is 67.4 Å². The average molecular weight is 1040 g/mol. The van der Waals surface area contributed by atoms with Crippen molar-refractivity contribution in [1.29, 1.82) is 0 Å². The second kappa shape index (κ2) is 20.3. The summed E-state index contributed by atoms with van der Waals surface area (Å²) in [5.74, 6) is -1.48. The summed E-state index contributed by atoms with van der Waals surface area (Å²) >= 11 is 0. The number of benzene rings is 6. The van der Waals surface area contributed by atoms with Gasteiger partial charge < -0.3 is 18.9 Å². The van der Waals surface area contributed by atoms with Crippen LogP contribution in [0.1, 0.15) is 147 Å². The molecule has 0 unspecified atom stereocenters. The SMILES string of the molecule is CC(=O)Oc1c(-c2cc(C(C)(C)C)cc([C@@H]3OC[C@H](c4ccccc4)N3S(=O)(=O)c3c(C)cc(C)cc3C)c2OC(C)=O)cc(C(C)(C)C)cc1[C@@H]1OC[C@H](c2ccccc2)N1S(=O)(=O)c1c(C)cc(C)cc1C. The zero-order valence-corrected chi connectivity index (χ0v) is 46.5. The predicted octanol–water partition coefficient (Wildman–Crippen LogP) is 12.6. The molecule has 6 aromatic rings. The third-order valence-electron chi connectivity index (χ3n) is 13.8. The van der Waals surface area contributed by atoms with Crippen LogP contribution in [-0.2, 0) is 49.9 Å². The Hall–Kier alpha value is -6.00. The van der Waals surface area contributed by atoms with Gasteiger partial charge in [0.1, 0.15) is 11.5 Å². The molecule has 2 saturated heterocycles. The van der Waals surface area contributed by atoms with E-state index in [0.29, 0.717) is 44.5 Å². The van der Waals surface area contributed by atoms with Crippen molar-refractivity contribution in [2.75, 3.05) is 13.2 Å². The van der Waals surface area contributed by atoms with Crippen molar-refractivity contribution in [3.05, 3.63) is 176 Å². The Labute approximate surface area is 437 Å². The maximum atomic E-state index is 15.7. The van der Waals surface area contributed by atoms with Crippen molar-refractivity contribution in [1.82, 2.24) is 8.61 Å². The molecule has 0 bridgehead atoms. The lowest BCUT2D eigenvalue weighted by atomic mass is 9.80. The lowest BCUT2D eigenvalue weighted by Gasteiger charge is -2.33. The van der Waals surface area contributed by atoms with Crippen LogP contribution in [0.4, 0.5) is 0 Å². The third kappa shape index (κ3) is 10.4. The summed E-state index contributed by atoms with van der Waals surface area (Å²) in [7, 11) is -8.82. The molecule has 74 heavy (non-hydrogen) atoms. The zero-order chi connectivity index (χ0) is 54.0. The van der Waals surface area contributed by atoms with E-state index in [9.17, 15) is 9.59 Å². The first-order valence-electron chi connectivity index (χ1n) is 24.9. The van der Waals surface area contributed by atoms with E-state index in [4.69, 9.17) is 18.9 Å². The second-order valence-electron chi connectivity index (χ2n) is 21.9. The molecule has 2 fully saturated rings. The van der Waals surface area contributed by atoms with Crippen molar-refractivity contribution >= 4 is 32.0 Å². The van der Waals surface area contributed by atoms with Crippen LogP contribution in [0.25, 0.3) is 11.1 Å². The highest BCUT2D eigenvalue weighted by Crippen LogP contribution is 2.54. The number of carbonyl (C=O) groups excluding carboxylic acids is 2. The van der Waals surface area contributed by atoms with Crippen molar-refractivity contribution < 1.29 is 45.4 Å². The summed E-state index contributed by atoms with van der Waals surface area (Å²) in [4.78, 5) is 27.6. The van der Waals surface area contributed by atoms with E-state index in [1.54, 1.807) is 27.7 Å². The molecule has 0 aromatic heterocycles. The van der Waals surface area contributed by atoms with Gasteiger partial charge in [-0.25, -0.2) is 16.8 Å². The van der Waals surface area contributed by atoms with E-state index in [0.717, 1.165) is 11.1 Å². The van der Waals surface area contributed by atoms with Gasteiger partial charge in [0.2, 0.25) is 20.0 Å². The molecule has 2 heterocycles. The molecule has 0 N–H and O–H groups in total. The monoisotopic (exact) mass is 1040 g/mol. The number of ether oxygens (including phenoxy) is 4. The van der Waals surface area contributed by atoms with Gasteiger partial charge in [-0.1, -0.05) is 138 Å². The summed E-state index contributed by atoms with van der Waals surface area (Å²) in [5.41, 5.74) is 6.65. The second-order valence-corrected chi connectivity index (χ2v) is 25.5. The largest absolute Gasteiger partial charge is 0.426 e. The number of sulfonamides is 2. The molecule has 2 aliphatic rings. The van der Waals surface area contributed by atoms with Gasteiger partial charge in [0.25, 0.3) is 0 Å². The molecule has 0 spiro atoms. The Morgan fingerprint density at radius 3 is 1.09 bits per heavy atom. The summed E-state index contributed by atoms with van der Waals surface area (Å²) in [6, 6.07) is 31.7. The van der Waals surface area contributed by atoms with E-state index in [1.807, 2.05) is 165 Å². The van der Waals surface area contributed by atoms with Crippen LogP contribution in [0.2, 0.25) is 0 Å². The Balaban J connectivity index is 1.47. The minimum absolute atomic E-state index is 0.0305. The molecule has 0 amide bonds. The van der Waals surface area contributed by atoms with Gasteiger partial charge in [-0.2, -0.15) is 8.61 Å². The molecule has 0 aliphatic carbocycles. The smallest absolute Gasteiger partial charge is 0.308 e. The molecule has 390 valence electrons. The number of hydrogen-bond acceptors (Lipinski definition) is 10. The van der Waals surface area contributed by atoms with Gasteiger partial charge in [0.15, 0.2) is 12.5 Å². The number of carbonyl (C=O) groups is 2. The van der Waals surface area contributed by atoms with Crippen LogP contribution >= 0.6 is 0 Å². The van der Waals surface area contributed by atoms with Crippen molar-refractivity contribution in [3.63, 3.8) is 0 Å². The molecule has 0 radical (unpaired) electrons. The molecule has 2 aliphatic heterocycles. The Morgan fingerprint density at radius 1 is 0.500 bits per heavy atom. The lowest BCUT2D eigenvalue weighted by Crippen LogP contribution is -2.35. The van der Waals surface area contributed by atoms with E-state index in [2.05, 4.69) is 0 Å². The van der Waals surface area contributed by atoms with Gasteiger partial charge in [-0.05, 0) is 121 Å². The fourth-order valence-corrected chi connectivity index (χ4v) is 14.8. The Morgan fingerprint density at radius 2 is 0.811 bits per heavy atom. The zero-order valence-electron chi connectivity index (χ0n) is 44.9. The highest BCUT2D eigenvalue weighted by Gasteiger charge is 2.50. The van der Waals surface area contributed by atoms with Crippen LogP contribution in [0.5, 0.6) is 11.5 Å². The molecule has 8 rings (SSSR count). The molecular weight excluding hydrogens is 973 g/mol. The molecular formula is C60H68N2O10S2. The third-order valence-corrected chi connectivity index (χ3v) is 18.2. The summed E-state index contributed by atoms with van der Waals surface area (Å²) in [6.07, 6.45) is -2.70. The summed E-state index contributed by atoms with van der Waals surface area (Å²) in [5, 5.41) is 0.